The minimum absolute atomic E-state index is 0.0318. The van der Waals surface area contributed by atoms with E-state index >= 15 is 0 Å². The molecule has 110 valence electrons. The minimum atomic E-state index is -1.55. The molecule has 1 aromatic carbocycles. The molecule has 0 aromatic heterocycles. The summed E-state index contributed by atoms with van der Waals surface area (Å²) in [6, 6.07) is 4.57. The first-order chi connectivity index (χ1) is 9.31. The monoisotopic (exact) mass is 299 g/mol. The molecule has 0 fully saturated rings. The number of Topliss-reactive ketones (excluding diaryl/α,β-unsaturated/α-hetero) is 1. The Bertz CT molecular complexity index is 514. The van der Waals surface area contributed by atoms with E-state index < -0.39 is 28.6 Å². The van der Waals surface area contributed by atoms with E-state index in [9.17, 15) is 18.2 Å². The smallest absolute Gasteiger partial charge is 0.233 e. The number of hydrogen-bond donors (Lipinski definition) is 1. The van der Waals surface area contributed by atoms with E-state index in [2.05, 4.69) is 5.32 Å². The van der Waals surface area contributed by atoms with E-state index in [1.54, 1.807) is 0 Å². The molecule has 1 amide bonds. The van der Waals surface area contributed by atoms with Crippen molar-refractivity contribution in [2.75, 3.05) is 5.75 Å². The van der Waals surface area contributed by atoms with Crippen LogP contribution in [0.1, 0.15) is 20.8 Å². The average Bonchev–Trinajstić information content (AvgIpc) is 2.35. The van der Waals surface area contributed by atoms with Gasteiger partial charge in [0, 0.05) is 4.90 Å². The van der Waals surface area contributed by atoms with Crippen molar-refractivity contribution in [2.24, 2.45) is 5.92 Å². The first-order valence-corrected chi connectivity index (χ1v) is 7.57. The lowest BCUT2D eigenvalue weighted by Crippen LogP contribution is -2.45. The standard InChI is InChI=1S/C14H18FNO3S/c1-9(2)14(10(3)17)16-13(18)8-20(19)12-6-4-11(15)5-7-12/h4-7,9,14H,8H2,1-3H3,(H,16,18). The number of halogens is 1. The SMILES string of the molecule is CC(=O)C(NC(=O)CS(=O)c1ccc(F)cc1)C(C)C. The lowest BCUT2D eigenvalue weighted by Gasteiger charge is -2.19. The molecule has 20 heavy (non-hydrogen) atoms. The molecule has 0 saturated carbocycles. The van der Waals surface area contributed by atoms with Crippen molar-refractivity contribution in [1.29, 1.82) is 0 Å². The lowest BCUT2D eigenvalue weighted by molar-refractivity contribution is -0.126. The topological polar surface area (TPSA) is 63.2 Å². The van der Waals surface area contributed by atoms with Gasteiger partial charge in [0.15, 0.2) is 5.78 Å². The third-order valence-electron chi connectivity index (χ3n) is 2.76. The summed E-state index contributed by atoms with van der Waals surface area (Å²) in [5, 5.41) is 2.57. The summed E-state index contributed by atoms with van der Waals surface area (Å²) in [6.45, 7) is 5.05. The van der Waals surface area contributed by atoms with Gasteiger partial charge in [-0.1, -0.05) is 13.8 Å². The van der Waals surface area contributed by atoms with E-state index in [0.29, 0.717) is 4.90 Å². The second-order valence-electron chi connectivity index (χ2n) is 4.84. The Morgan fingerprint density at radius 1 is 1.25 bits per heavy atom. The first-order valence-electron chi connectivity index (χ1n) is 6.25. The van der Waals surface area contributed by atoms with E-state index in [4.69, 9.17) is 0 Å². The number of rotatable bonds is 6. The number of carbonyl (C=O) groups is 2. The molecule has 1 rings (SSSR count). The predicted octanol–water partition coefficient (Wildman–Crippen LogP) is 1.66. The molecule has 6 heteroatoms. The molecule has 4 nitrogen and oxygen atoms in total. The van der Waals surface area contributed by atoms with Gasteiger partial charge in [0.25, 0.3) is 0 Å². The lowest BCUT2D eigenvalue weighted by atomic mass is 10.0. The molecule has 2 unspecified atom stereocenters. The average molecular weight is 299 g/mol. The highest BCUT2D eigenvalue weighted by atomic mass is 32.2. The van der Waals surface area contributed by atoms with Crippen molar-refractivity contribution in [2.45, 2.75) is 31.7 Å². The highest BCUT2D eigenvalue weighted by Crippen LogP contribution is 2.08. The van der Waals surface area contributed by atoms with Crippen LogP contribution in [0, 0.1) is 11.7 Å². The summed E-state index contributed by atoms with van der Waals surface area (Å²) in [4.78, 5) is 23.5. The van der Waals surface area contributed by atoms with Crippen LogP contribution < -0.4 is 5.32 Å². The fourth-order valence-electron chi connectivity index (χ4n) is 1.74. The summed E-state index contributed by atoms with van der Waals surface area (Å²) in [5.74, 6) is -1.30. The molecule has 0 aliphatic carbocycles. The Kier molecular flexibility index (Phi) is 6.01. The molecule has 0 aliphatic heterocycles. The summed E-state index contributed by atoms with van der Waals surface area (Å²) in [6.07, 6.45) is 0. The number of amides is 1. The quantitative estimate of drug-likeness (QED) is 0.869. The van der Waals surface area contributed by atoms with Crippen LogP contribution in [0.5, 0.6) is 0 Å². The fraction of sp³-hybridized carbons (Fsp3) is 0.429. The van der Waals surface area contributed by atoms with Gasteiger partial charge in [-0.25, -0.2) is 4.39 Å². The number of benzene rings is 1. The van der Waals surface area contributed by atoms with Crippen LogP contribution in [-0.4, -0.2) is 27.7 Å². The van der Waals surface area contributed by atoms with Crippen LogP contribution in [0.3, 0.4) is 0 Å². The van der Waals surface area contributed by atoms with Crippen molar-refractivity contribution in [3.05, 3.63) is 30.1 Å². The molecule has 0 saturated heterocycles. The Morgan fingerprint density at radius 2 is 1.80 bits per heavy atom. The van der Waals surface area contributed by atoms with Crippen LogP contribution in [0.15, 0.2) is 29.2 Å². The van der Waals surface area contributed by atoms with Gasteiger partial charge in [0.1, 0.15) is 11.6 Å². The maximum atomic E-state index is 12.7. The van der Waals surface area contributed by atoms with Crippen LogP contribution in [0.4, 0.5) is 4.39 Å². The molecule has 0 spiro atoms. The molecule has 1 N–H and O–H groups in total. The van der Waals surface area contributed by atoms with Gasteiger partial charge in [0.05, 0.1) is 16.8 Å². The zero-order chi connectivity index (χ0) is 15.3. The zero-order valence-electron chi connectivity index (χ0n) is 11.7. The van der Waals surface area contributed by atoms with E-state index in [1.807, 2.05) is 13.8 Å². The maximum absolute atomic E-state index is 12.7. The molecule has 0 radical (unpaired) electrons. The summed E-state index contributed by atoms with van der Waals surface area (Å²) in [5.41, 5.74) is 0. The van der Waals surface area contributed by atoms with Gasteiger partial charge in [-0.2, -0.15) is 0 Å². The number of hydrogen-bond acceptors (Lipinski definition) is 3. The van der Waals surface area contributed by atoms with E-state index in [-0.39, 0.29) is 17.5 Å². The summed E-state index contributed by atoms with van der Waals surface area (Å²) in [7, 11) is -1.55. The molecule has 0 bridgehead atoms. The van der Waals surface area contributed by atoms with Crippen molar-refractivity contribution < 1.29 is 18.2 Å². The Labute approximate surface area is 120 Å². The maximum Gasteiger partial charge on any atom is 0.233 e. The normalized spacial score (nSPS) is 13.8. The van der Waals surface area contributed by atoms with Gasteiger partial charge in [0.2, 0.25) is 5.91 Å². The number of carbonyl (C=O) groups excluding carboxylic acids is 2. The van der Waals surface area contributed by atoms with E-state index in [1.165, 1.54) is 31.2 Å². The minimum Gasteiger partial charge on any atom is -0.345 e. The second-order valence-corrected chi connectivity index (χ2v) is 6.29. The van der Waals surface area contributed by atoms with Crippen LogP contribution in [-0.2, 0) is 20.4 Å². The van der Waals surface area contributed by atoms with Crippen molar-refractivity contribution >= 4 is 22.5 Å². The van der Waals surface area contributed by atoms with Crippen LogP contribution in [0.2, 0.25) is 0 Å². The van der Waals surface area contributed by atoms with Gasteiger partial charge in [-0.05, 0) is 37.1 Å². The third kappa shape index (κ3) is 4.85. The Balaban J connectivity index is 2.64. The number of ketones is 1. The zero-order valence-corrected chi connectivity index (χ0v) is 12.5. The first kappa shape index (κ1) is 16.5. The van der Waals surface area contributed by atoms with Gasteiger partial charge < -0.3 is 5.32 Å². The van der Waals surface area contributed by atoms with Gasteiger partial charge in [-0.15, -0.1) is 0 Å². The van der Waals surface area contributed by atoms with E-state index in [0.717, 1.165) is 0 Å². The van der Waals surface area contributed by atoms with Crippen molar-refractivity contribution in [1.82, 2.24) is 5.32 Å². The predicted molar refractivity (Wildman–Crippen MR) is 75.1 cm³/mol. The van der Waals surface area contributed by atoms with Gasteiger partial charge >= 0.3 is 0 Å². The molecule has 0 aliphatic rings. The highest BCUT2D eigenvalue weighted by Gasteiger charge is 2.21. The van der Waals surface area contributed by atoms with Crippen molar-refractivity contribution in [3.8, 4) is 0 Å². The van der Waals surface area contributed by atoms with Crippen LogP contribution >= 0.6 is 0 Å². The third-order valence-corrected chi connectivity index (χ3v) is 4.08. The second kappa shape index (κ2) is 7.28. The molecule has 2 atom stereocenters. The number of nitrogens with one attached hydrogen (secondary N) is 1. The Hall–Kier alpha value is -1.56. The van der Waals surface area contributed by atoms with Crippen LogP contribution in [0.25, 0.3) is 0 Å². The highest BCUT2D eigenvalue weighted by molar-refractivity contribution is 7.85. The van der Waals surface area contributed by atoms with Crippen molar-refractivity contribution in [3.63, 3.8) is 0 Å². The molecule has 0 heterocycles. The Morgan fingerprint density at radius 3 is 2.25 bits per heavy atom. The largest absolute Gasteiger partial charge is 0.345 e. The van der Waals surface area contributed by atoms with Gasteiger partial charge in [-0.3, -0.25) is 13.8 Å². The summed E-state index contributed by atoms with van der Waals surface area (Å²) < 4.78 is 24.7. The molecule has 1 aromatic rings. The fourth-order valence-corrected chi connectivity index (χ4v) is 2.67. The summed E-state index contributed by atoms with van der Waals surface area (Å²) >= 11 is 0. The molecular weight excluding hydrogens is 281 g/mol. The molecular formula is C14H18FNO3S.